The van der Waals surface area contributed by atoms with Crippen LogP contribution < -0.4 is 5.32 Å². The largest absolute Gasteiger partial charge is 0.383 e. The molecule has 2 rings (SSSR count). The molecule has 114 valence electrons. The number of nitrogens with zero attached hydrogens (tertiary/aromatic N) is 1. The zero-order valence-corrected chi connectivity index (χ0v) is 12.6. The van der Waals surface area contributed by atoms with Gasteiger partial charge in [0.15, 0.2) is 0 Å². The van der Waals surface area contributed by atoms with Crippen LogP contribution >= 0.6 is 0 Å². The van der Waals surface area contributed by atoms with Crippen molar-refractivity contribution in [3.8, 4) is 0 Å². The maximum Gasteiger partial charge on any atom is 0.249 e. The molecule has 1 atom stereocenters. The number of hydrogen-bond acceptors (Lipinski definition) is 3. The van der Waals surface area contributed by atoms with Crippen LogP contribution in [0, 0.1) is 0 Å². The molecule has 5 heteroatoms. The van der Waals surface area contributed by atoms with Crippen molar-refractivity contribution < 1.29 is 14.3 Å². The lowest BCUT2D eigenvalue weighted by molar-refractivity contribution is -0.157. The topological polar surface area (TPSA) is 58.6 Å². The van der Waals surface area contributed by atoms with E-state index in [0.717, 1.165) is 44.9 Å². The Bertz CT molecular complexity index is 364. The van der Waals surface area contributed by atoms with Crippen LogP contribution in [0.2, 0.25) is 0 Å². The van der Waals surface area contributed by atoms with Gasteiger partial charge in [0.1, 0.15) is 11.6 Å². The zero-order valence-electron chi connectivity index (χ0n) is 12.6. The molecule has 1 spiro atoms. The van der Waals surface area contributed by atoms with Crippen molar-refractivity contribution >= 4 is 11.8 Å². The summed E-state index contributed by atoms with van der Waals surface area (Å²) in [6.45, 7) is 3.03. The van der Waals surface area contributed by atoms with Crippen LogP contribution in [-0.2, 0) is 14.3 Å². The highest BCUT2D eigenvalue weighted by molar-refractivity contribution is 5.99. The molecule has 2 amide bonds. The average molecular weight is 282 g/mol. The fourth-order valence-corrected chi connectivity index (χ4v) is 3.43. The molecule has 1 aliphatic heterocycles. The van der Waals surface area contributed by atoms with Crippen LogP contribution in [0.15, 0.2) is 0 Å². The molecule has 0 bridgehead atoms. The number of rotatable bonds is 5. The molecule has 1 unspecified atom stereocenters. The van der Waals surface area contributed by atoms with Crippen LogP contribution in [0.3, 0.4) is 0 Å². The molecule has 1 aliphatic carbocycles. The predicted molar refractivity (Wildman–Crippen MR) is 76.2 cm³/mol. The minimum absolute atomic E-state index is 0.0180. The molecule has 1 N–H and O–H groups in total. The first-order valence-corrected chi connectivity index (χ1v) is 7.76. The summed E-state index contributed by atoms with van der Waals surface area (Å²) in [6, 6.07) is -0.324. The molecular formula is C15H26N2O3. The summed E-state index contributed by atoms with van der Waals surface area (Å²) in [5.74, 6) is 0.122. The Balaban J connectivity index is 2.20. The van der Waals surface area contributed by atoms with E-state index in [1.807, 2.05) is 6.92 Å². The van der Waals surface area contributed by atoms with Crippen LogP contribution in [0.1, 0.15) is 51.9 Å². The second-order valence-corrected chi connectivity index (χ2v) is 5.93. The number of hydrogen-bond donors (Lipinski definition) is 1. The number of carbonyl (C=O) groups excluding carboxylic acids is 2. The van der Waals surface area contributed by atoms with Gasteiger partial charge >= 0.3 is 0 Å². The molecule has 0 radical (unpaired) electrons. The average Bonchev–Trinajstić information content (AvgIpc) is 2.45. The number of methoxy groups -OCH3 is 1. The van der Waals surface area contributed by atoms with Gasteiger partial charge in [0.05, 0.1) is 6.61 Å². The third-order valence-corrected chi connectivity index (χ3v) is 4.52. The third-order valence-electron chi connectivity index (χ3n) is 4.52. The first-order chi connectivity index (χ1) is 9.64. The Morgan fingerprint density at radius 1 is 1.30 bits per heavy atom. The summed E-state index contributed by atoms with van der Waals surface area (Å²) >= 11 is 0. The SMILES string of the molecule is CCCC1C(=O)NC2(CCCCC2)C(=O)N1CCOC. The normalized spacial score (nSPS) is 25.9. The Kier molecular flexibility index (Phi) is 5.02. The molecule has 1 heterocycles. The minimum Gasteiger partial charge on any atom is -0.383 e. The molecular weight excluding hydrogens is 256 g/mol. The summed E-state index contributed by atoms with van der Waals surface area (Å²) in [6.07, 6.45) is 6.35. The highest BCUT2D eigenvalue weighted by Gasteiger charge is 2.50. The van der Waals surface area contributed by atoms with Gasteiger partial charge < -0.3 is 15.0 Å². The summed E-state index contributed by atoms with van der Waals surface area (Å²) < 4.78 is 5.10. The highest BCUT2D eigenvalue weighted by Crippen LogP contribution is 2.33. The van der Waals surface area contributed by atoms with Crippen LogP contribution in [-0.4, -0.2) is 48.6 Å². The van der Waals surface area contributed by atoms with E-state index in [4.69, 9.17) is 4.74 Å². The number of amides is 2. The second-order valence-electron chi connectivity index (χ2n) is 5.93. The van der Waals surface area contributed by atoms with E-state index in [2.05, 4.69) is 5.32 Å². The first-order valence-electron chi connectivity index (χ1n) is 7.76. The van der Waals surface area contributed by atoms with Gasteiger partial charge in [0.25, 0.3) is 0 Å². The molecule has 5 nitrogen and oxygen atoms in total. The Morgan fingerprint density at radius 3 is 2.60 bits per heavy atom. The molecule has 1 saturated heterocycles. The fraction of sp³-hybridized carbons (Fsp3) is 0.867. The zero-order chi connectivity index (χ0) is 14.6. The molecule has 2 fully saturated rings. The van der Waals surface area contributed by atoms with Gasteiger partial charge in [-0.15, -0.1) is 0 Å². The Morgan fingerprint density at radius 2 is 2.00 bits per heavy atom. The van der Waals surface area contributed by atoms with E-state index < -0.39 is 5.54 Å². The van der Waals surface area contributed by atoms with Crippen molar-refractivity contribution in [1.29, 1.82) is 0 Å². The van der Waals surface area contributed by atoms with E-state index in [-0.39, 0.29) is 17.9 Å². The van der Waals surface area contributed by atoms with E-state index in [1.54, 1.807) is 12.0 Å². The fourth-order valence-electron chi connectivity index (χ4n) is 3.43. The lowest BCUT2D eigenvalue weighted by Gasteiger charge is -2.47. The van der Waals surface area contributed by atoms with Crippen LogP contribution in [0.4, 0.5) is 0 Å². The summed E-state index contributed by atoms with van der Waals surface area (Å²) in [5, 5.41) is 3.05. The van der Waals surface area contributed by atoms with Gasteiger partial charge in [-0.25, -0.2) is 0 Å². The van der Waals surface area contributed by atoms with Crippen molar-refractivity contribution in [3.63, 3.8) is 0 Å². The van der Waals surface area contributed by atoms with Crippen LogP contribution in [0.5, 0.6) is 0 Å². The first kappa shape index (κ1) is 15.3. The van der Waals surface area contributed by atoms with E-state index in [0.29, 0.717) is 13.2 Å². The van der Waals surface area contributed by atoms with Crippen molar-refractivity contribution in [2.75, 3.05) is 20.3 Å². The molecule has 0 aromatic carbocycles. The number of piperazine rings is 1. The number of nitrogens with one attached hydrogen (secondary N) is 1. The van der Waals surface area contributed by atoms with Crippen molar-refractivity contribution in [2.24, 2.45) is 0 Å². The van der Waals surface area contributed by atoms with Crippen molar-refractivity contribution in [1.82, 2.24) is 10.2 Å². The van der Waals surface area contributed by atoms with Gasteiger partial charge in [0, 0.05) is 13.7 Å². The van der Waals surface area contributed by atoms with Crippen molar-refractivity contribution in [3.05, 3.63) is 0 Å². The van der Waals surface area contributed by atoms with Gasteiger partial charge in [-0.3, -0.25) is 9.59 Å². The summed E-state index contributed by atoms with van der Waals surface area (Å²) in [4.78, 5) is 27.1. The van der Waals surface area contributed by atoms with Crippen molar-refractivity contribution in [2.45, 2.75) is 63.5 Å². The Labute approximate surface area is 121 Å². The maximum absolute atomic E-state index is 12.9. The van der Waals surface area contributed by atoms with Crippen LogP contribution in [0.25, 0.3) is 0 Å². The monoisotopic (exact) mass is 282 g/mol. The second kappa shape index (κ2) is 6.57. The van der Waals surface area contributed by atoms with Gasteiger partial charge in [-0.2, -0.15) is 0 Å². The third kappa shape index (κ3) is 2.82. The number of carbonyl (C=O) groups is 2. The molecule has 0 aromatic rings. The van der Waals surface area contributed by atoms with E-state index in [1.165, 1.54) is 0 Å². The lowest BCUT2D eigenvalue weighted by atomic mass is 9.78. The molecule has 1 saturated carbocycles. The Hall–Kier alpha value is -1.10. The number of ether oxygens (including phenoxy) is 1. The molecule has 0 aromatic heterocycles. The standard InChI is InChI=1S/C15H26N2O3/c1-3-7-12-13(18)16-15(8-5-4-6-9-15)14(19)17(12)10-11-20-2/h12H,3-11H2,1-2H3,(H,16,18). The van der Waals surface area contributed by atoms with Gasteiger partial charge in [0.2, 0.25) is 11.8 Å². The highest BCUT2D eigenvalue weighted by atomic mass is 16.5. The smallest absolute Gasteiger partial charge is 0.249 e. The summed E-state index contributed by atoms with van der Waals surface area (Å²) in [7, 11) is 1.62. The van der Waals surface area contributed by atoms with Gasteiger partial charge in [-0.05, 0) is 19.3 Å². The summed E-state index contributed by atoms with van der Waals surface area (Å²) in [5.41, 5.74) is -0.632. The van der Waals surface area contributed by atoms with Gasteiger partial charge in [-0.1, -0.05) is 32.6 Å². The minimum atomic E-state index is -0.632. The van der Waals surface area contributed by atoms with E-state index >= 15 is 0 Å². The lowest BCUT2D eigenvalue weighted by Crippen LogP contribution is -2.71. The maximum atomic E-state index is 12.9. The quantitative estimate of drug-likeness (QED) is 0.830. The molecule has 2 aliphatic rings. The predicted octanol–water partition coefficient (Wildman–Crippen LogP) is 1.46. The molecule has 20 heavy (non-hydrogen) atoms. The van der Waals surface area contributed by atoms with E-state index in [9.17, 15) is 9.59 Å².